The zero-order chi connectivity index (χ0) is 17.5. The number of benzene rings is 2. The Morgan fingerprint density at radius 1 is 1.08 bits per heavy atom. The zero-order valence-electron chi connectivity index (χ0n) is 13.8. The first kappa shape index (κ1) is 17.2. The summed E-state index contributed by atoms with van der Waals surface area (Å²) in [6, 6.07) is 12.8. The van der Waals surface area contributed by atoms with Crippen LogP contribution in [0, 0.1) is 13.8 Å². The summed E-state index contributed by atoms with van der Waals surface area (Å²) in [6.07, 6.45) is 1.44. The van der Waals surface area contributed by atoms with E-state index in [0.29, 0.717) is 11.4 Å². The monoisotopic (exact) mass is 325 g/mol. The molecule has 0 unspecified atom stereocenters. The molecule has 2 rings (SSSR count). The van der Waals surface area contributed by atoms with Crippen molar-refractivity contribution in [2.24, 2.45) is 5.10 Å². The highest BCUT2D eigenvalue weighted by Gasteiger charge is 2.13. The van der Waals surface area contributed by atoms with Gasteiger partial charge in [0, 0.05) is 5.69 Å². The second-order valence-corrected chi connectivity index (χ2v) is 5.25. The summed E-state index contributed by atoms with van der Waals surface area (Å²) in [5, 5.41) is 6.35. The summed E-state index contributed by atoms with van der Waals surface area (Å²) < 4.78 is 5.09. The lowest BCUT2D eigenvalue weighted by Gasteiger charge is -2.08. The largest absolute Gasteiger partial charge is 0.497 e. The third-order valence-electron chi connectivity index (χ3n) is 3.32. The molecule has 0 fully saturated rings. The number of aryl methyl sites for hydroxylation is 2. The van der Waals surface area contributed by atoms with Crippen molar-refractivity contribution >= 4 is 23.7 Å². The van der Waals surface area contributed by atoms with E-state index >= 15 is 0 Å². The van der Waals surface area contributed by atoms with Gasteiger partial charge in [-0.15, -0.1) is 0 Å². The molecule has 2 aromatic carbocycles. The van der Waals surface area contributed by atoms with Crippen LogP contribution in [0.25, 0.3) is 0 Å². The van der Waals surface area contributed by atoms with Crippen molar-refractivity contribution in [1.29, 1.82) is 0 Å². The van der Waals surface area contributed by atoms with Gasteiger partial charge in [0.15, 0.2) is 0 Å². The van der Waals surface area contributed by atoms with Crippen molar-refractivity contribution < 1.29 is 14.3 Å². The molecule has 2 amide bonds. The first-order valence-electron chi connectivity index (χ1n) is 7.35. The predicted molar refractivity (Wildman–Crippen MR) is 93.3 cm³/mol. The number of nitrogens with zero attached hydrogens (tertiary/aromatic N) is 1. The van der Waals surface area contributed by atoms with E-state index < -0.39 is 11.8 Å². The Bertz CT molecular complexity index is 785. The number of ether oxygens (including phenoxy) is 1. The van der Waals surface area contributed by atoms with E-state index in [1.54, 1.807) is 37.4 Å². The fraction of sp³-hybridized carbons (Fsp3) is 0.167. The zero-order valence-corrected chi connectivity index (χ0v) is 13.8. The van der Waals surface area contributed by atoms with E-state index in [9.17, 15) is 9.59 Å². The number of methoxy groups -OCH3 is 1. The maximum absolute atomic E-state index is 11.9. The predicted octanol–water partition coefficient (Wildman–Crippen LogP) is 2.40. The van der Waals surface area contributed by atoms with Crippen LogP contribution < -0.4 is 15.5 Å². The number of carbonyl (C=O) groups excluding carboxylic acids is 2. The number of anilines is 1. The molecule has 6 nitrogen and oxygen atoms in total. The van der Waals surface area contributed by atoms with Crippen LogP contribution in [0.4, 0.5) is 5.69 Å². The maximum Gasteiger partial charge on any atom is 0.329 e. The standard InChI is InChI=1S/C18H19N3O3/c1-12-7-8-13(2)16(9-12)20-17(22)18(23)21-19-11-14-5-4-6-15(10-14)24-3/h4-11H,1-3H3,(H,20,22)(H,21,23)/b19-11+. The highest BCUT2D eigenvalue weighted by atomic mass is 16.5. The van der Waals surface area contributed by atoms with Gasteiger partial charge in [0.1, 0.15) is 5.75 Å². The van der Waals surface area contributed by atoms with Gasteiger partial charge in [-0.25, -0.2) is 5.43 Å². The molecule has 0 aliphatic carbocycles. The average Bonchev–Trinajstić information content (AvgIpc) is 2.58. The van der Waals surface area contributed by atoms with Crippen molar-refractivity contribution in [1.82, 2.24) is 5.43 Å². The molecule has 0 radical (unpaired) electrons. The third kappa shape index (κ3) is 4.67. The molecule has 0 heterocycles. The first-order chi connectivity index (χ1) is 11.5. The summed E-state index contributed by atoms with van der Waals surface area (Å²) in [7, 11) is 1.57. The fourth-order valence-corrected chi connectivity index (χ4v) is 1.99. The van der Waals surface area contributed by atoms with Gasteiger partial charge in [0.05, 0.1) is 13.3 Å². The number of carbonyl (C=O) groups is 2. The van der Waals surface area contributed by atoms with Crippen LogP contribution in [-0.2, 0) is 9.59 Å². The van der Waals surface area contributed by atoms with E-state index in [0.717, 1.165) is 16.7 Å². The van der Waals surface area contributed by atoms with E-state index in [1.165, 1.54) is 6.21 Å². The lowest BCUT2D eigenvalue weighted by atomic mass is 10.1. The van der Waals surface area contributed by atoms with Gasteiger partial charge in [-0.05, 0) is 48.7 Å². The molecule has 0 saturated heterocycles. The Kier molecular flexibility index (Phi) is 5.68. The third-order valence-corrected chi connectivity index (χ3v) is 3.32. The Morgan fingerprint density at radius 2 is 1.88 bits per heavy atom. The van der Waals surface area contributed by atoms with Crippen LogP contribution >= 0.6 is 0 Å². The van der Waals surface area contributed by atoms with E-state index in [1.807, 2.05) is 26.0 Å². The smallest absolute Gasteiger partial charge is 0.329 e. The van der Waals surface area contributed by atoms with Crippen LogP contribution in [0.15, 0.2) is 47.6 Å². The molecule has 0 aliphatic rings. The van der Waals surface area contributed by atoms with Crippen LogP contribution in [0.1, 0.15) is 16.7 Å². The van der Waals surface area contributed by atoms with Gasteiger partial charge >= 0.3 is 11.8 Å². The minimum Gasteiger partial charge on any atom is -0.497 e. The second kappa shape index (κ2) is 7.92. The Hall–Kier alpha value is -3.15. The molecule has 2 N–H and O–H groups in total. The quantitative estimate of drug-likeness (QED) is 0.515. The van der Waals surface area contributed by atoms with Crippen LogP contribution in [0.5, 0.6) is 5.75 Å². The number of hydrazone groups is 1. The van der Waals surface area contributed by atoms with Crippen molar-refractivity contribution in [3.63, 3.8) is 0 Å². The molecule has 0 saturated carbocycles. The maximum atomic E-state index is 11.9. The Morgan fingerprint density at radius 3 is 2.62 bits per heavy atom. The van der Waals surface area contributed by atoms with Crippen LogP contribution in [-0.4, -0.2) is 25.1 Å². The van der Waals surface area contributed by atoms with Crippen molar-refractivity contribution in [2.45, 2.75) is 13.8 Å². The molecule has 0 atom stereocenters. The highest BCUT2D eigenvalue weighted by molar-refractivity contribution is 6.39. The lowest BCUT2D eigenvalue weighted by Crippen LogP contribution is -2.32. The molecular weight excluding hydrogens is 306 g/mol. The van der Waals surface area contributed by atoms with E-state index in [-0.39, 0.29) is 0 Å². The van der Waals surface area contributed by atoms with Crippen molar-refractivity contribution in [3.8, 4) is 5.75 Å². The first-order valence-corrected chi connectivity index (χ1v) is 7.35. The van der Waals surface area contributed by atoms with Gasteiger partial charge in [0.2, 0.25) is 0 Å². The molecular formula is C18H19N3O3. The summed E-state index contributed by atoms with van der Waals surface area (Å²) in [4.78, 5) is 23.7. The molecule has 2 aromatic rings. The van der Waals surface area contributed by atoms with Gasteiger partial charge < -0.3 is 10.1 Å². The van der Waals surface area contributed by atoms with Gasteiger partial charge in [-0.3, -0.25) is 9.59 Å². The number of hydrogen-bond acceptors (Lipinski definition) is 4. The number of hydrogen-bond donors (Lipinski definition) is 2. The highest BCUT2D eigenvalue weighted by Crippen LogP contribution is 2.16. The summed E-state index contributed by atoms with van der Waals surface area (Å²) in [5.41, 5.74) is 5.41. The normalized spacial score (nSPS) is 10.5. The SMILES string of the molecule is COc1cccc(/C=N/NC(=O)C(=O)Nc2cc(C)ccc2C)c1. The van der Waals surface area contributed by atoms with Gasteiger partial charge in [-0.1, -0.05) is 24.3 Å². The second-order valence-electron chi connectivity index (χ2n) is 5.25. The molecule has 0 spiro atoms. The fourth-order valence-electron chi connectivity index (χ4n) is 1.99. The minimum atomic E-state index is -0.838. The number of rotatable bonds is 4. The molecule has 124 valence electrons. The Labute approximate surface area is 140 Å². The van der Waals surface area contributed by atoms with Crippen molar-refractivity contribution in [2.75, 3.05) is 12.4 Å². The molecule has 0 aliphatic heterocycles. The summed E-state index contributed by atoms with van der Waals surface area (Å²) >= 11 is 0. The summed E-state index contributed by atoms with van der Waals surface area (Å²) in [5.74, 6) is -0.931. The Balaban J connectivity index is 1.95. The van der Waals surface area contributed by atoms with E-state index in [2.05, 4.69) is 15.8 Å². The van der Waals surface area contributed by atoms with E-state index in [4.69, 9.17) is 4.74 Å². The molecule has 24 heavy (non-hydrogen) atoms. The van der Waals surface area contributed by atoms with Gasteiger partial charge in [-0.2, -0.15) is 5.10 Å². The summed E-state index contributed by atoms with van der Waals surface area (Å²) in [6.45, 7) is 3.77. The minimum absolute atomic E-state index is 0.604. The van der Waals surface area contributed by atoms with Crippen LogP contribution in [0.2, 0.25) is 0 Å². The molecule has 0 aromatic heterocycles. The van der Waals surface area contributed by atoms with Crippen molar-refractivity contribution in [3.05, 3.63) is 59.2 Å². The number of nitrogens with one attached hydrogen (secondary N) is 2. The lowest BCUT2D eigenvalue weighted by molar-refractivity contribution is -0.136. The average molecular weight is 325 g/mol. The van der Waals surface area contributed by atoms with Gasteiger partial charge in [0.25, 0.3) is 0 Å². The topological polar surface area (TPSA) is 79.8 Å². The number of amides is 2. The van der Waals surface area contributed by atoms with Crippen LogP contribution in [0.3, 0.4) is 0 Å². The molecule has 0 bridgehead atoms. The molecule has 6 heteroatoms.